The molecule has 0 aromatic carbocycles. The Labute approximate surface area is 109 Å². The van der Waals surface area contributed by atoms with Gasteiger partial charge in [-0.05, 0) is 6.92 Å². The number of aliphatic carboxylic acids is 1. The summed E-state index contributed by atoms with van der Waals surface area (Å²) < 4.78 is 14.8. The van der Waals surface area contributed by atoms with E-state index >= 15 is 0 Å². The number of ether oxygens (including phenoxy) is 3. The Morgan fingerprint density at radius 1 is 1.00 bits per heavy atom. The Kier molecular flexibility index (Phi) is 25.4. The molecule has 0 heterocycles. The summed E-state index contributed by atoms with van der Waals surface area (Å²) in [5.41, 5.74) is 0. The molecule has 0 unspecified atom stereocenters. The lowest BCUT2D eigenvalue weighted by atomic mass is 10.7. The summed E-state index contributed by atoms with van der Waals surface area (Å²) in [4.78, 5) is 19.3. The Balaban J connectivity index is -0.000000317. The van der Waals surface area contributed by atoms with Gasteiger partial charge in [-0.25, -0.2) is 0 Å². The first-order valence-electron chi connectivity index (χ1n) is 5.49. The van der Waals surface area contributed by atoms with Gasteiger partial charge in [-0.3, -0.25) is 9.59 Å². The highest BCUT2D eigenvalue weighted by molar-refractivity contribution is 5.65. The van der Waals surface area contributed by atoms with Gasteiger partial charge < -0.3 is 19.3 Å². The van der Waals surface area contributed by atoms with Crippen LogP contribution in [0.3, 0.4) is 0 Å². The van der Waals surface area contributed by atoms with Crippen molar-refractivity contribution in [1.29, 1.82) is 0 Å². The van der Waals surface area contributed by atoms with E-state index in [1.807, 2.05) is 6.92 Å². The van der Waals surface area contributed by atoms with Crippen LogP contribution in [0.1, 0.15) is 20.8 Å². The smallest absolute Gasteiger partial charge is 0.302 e. The highest BCUT2D eigenvalue weighted by atomic mass is 16.6. The quantitative estimate of drug-likeness (QED) is 0.426. The minimum Gasteiger partial charge on any atom is -0.481 e. The minimum absolute atomic E-state index is 0.275. The molecule has 6 nitrogen and oxygen atoms in total. The van der Waals surface area contributed by atoms with E-state index in [0.29, 0.717) is 33.0 Å². The van der Waals surface area contributed by atoms with E-state index in [2.05, 4.69) is 17.9 Å². The molecule has 0 aromatic rings. The fourth-order valence-corrected chi connectivity index (χ4v) is 0.609. The van der Waals surface area contributed by atoms with Gasteiger partial charge in [-0.1, -0.05) is 0 Å². The summed E-state index contributed by atoms with van der Waals surface area (Å²) >= 11 is 0. The van der Waals surface area contributed by atoms with E-state index in [1.54, 1.807) is 0 Å². The van der Waals surface area contributed by atoms with Crippen molar-refractivity contribution < 1.29 is 28.9 Å². The molecule has 108 valence electrons. The predicted molar refractivity (Wildman–Crippen MR) is 68.5 cm³/mol. The van der Waals surface area contributed by atoms with Gasteiger partial charge in [0.2, 0.25) is 0 Å². The molecule has 0 aromatic heterocycles. The molecule has 0 radical (unpaired) electrons. The van der Waals surface area contributed by atoms with Crippen molar-refractivity contribution in [3.8, 4) is 0 Å². The molecule has 0 bridgehead atoms. The van der Waals surface area contributed by atoms with Crippen molar-refractivity contribution in [3.63, 3.8) is 0 Å². The van der Waals surface area contributed by atoms with Crippen LogP contribution in [-0.4, -0.2) is 50.1 Å². The average Bonchev–Trinajstić information content (AvgIpc) is 2.29. The first-order chi connectivity index (χ1) is 8.50. The summed E-state index contributed by atoms with van der Waals surface area (Å²) in [6, 6.07) is 0. The van der Waals surface area contributed by atoms with E-state index in [4.69, 9.17) is 19.4 Å². The normalized spacial score (nSPS) is 8.17. The molecule has 0 atom stereocenters. The lowest BCUT2D eigenvalue weighted by Gasteiger charge is -2.03. The maximum Gasteiger partial charge on any atom is 0.302 e. The highest BCUT2D eigenvalue weighted by Crippen LogP contribution is 1.80. The second-order valence-electron chi connectivity index (χ2n) is 2.67. The zero-order valence-corrected chi connectivity index (χ0v) is 11.4. The topological polar surface area (TPSA) is 82.1 Å². The van der Waals surface area contributed by atoms with E-state index in [9.17, 15) is 4.79 Å². The second kappa shape index (κ2) is 20.9. The zero-order valence-electron chi connectivity index (χ0n) is 11.4. The monoisotopic (exact) mass is 264 g/mol. The molecule has 0 spiro atoms. The summed E-state index contributed by atoms with van der Waals surface area (Å²) in [5, 5.41) is 7.42. The SMILES string of the molecule is C=C.CC(=O)O.CCOCCOCCOC(C)=O. The lowest BCUT2D eigenvalue weighted by molar-refractivity contribution is -0.142. The molecule has 0 aliphatic carbocycles. The largest absolute Gasteiger partial charge is 0.481 e. The molecule has 0 saturated heterocycles. The minimum atomic E-state index is -0.833. The van der Waals surface area contributed by atoms with Gasteiger partial charge >= 0.3 is 5.97 Å². The van der Waals surface area contributed by atoms with Crippen LogP contribution in [0.4, 0.5) is 0 Å². The third-order valence-electron chi connectivity index (χ3n) is 1.11. The predicted octanol–water partition coefficient (Wildman–Crippen LogP) is 1.50. The van der Waals surface area contributed by atoms with Crippen molar-refractivity contribution in [2.75, 3.05) is 33.0 Å². The van der Waals surface area contributed by atoms with Crippen LogP contribution >= 0.6 is 0 Å². The second-order valence-corrected chi connectivity index (χ2v) is 2.67. The van der Waals surface area contributed by atoms with E-state index in [1.165, 1.54) is 6.92 Å². The van der Waals surface area contributed by atoms with Crippen LogP contribution in [0.15, 0.2) is 13.2 Å². The number of hydrogen-bond acceptors (Lipinski definition) is 5. The molecule has 0 amide bonds. The van der Waals surface area contributed by atoms with Crippen molar-refractivity contribution in [3.05, 3.63) is 13.2 Å². The lowest BCUT2D eigenvalue weighted by Crippen LogP contribution is -2.10. The molecule has 6 heteroatoms. The molecular formula is C12H24O6. The van der Waals surface area contributed by atoms with Crippen LogP contribution in [-0.2, 0) is 23.8 Å². The number of carboxylic acid groups (broad SMARTS) is 1. The highest BCUT2D eigenvalue weighted by Gasteiger charge is 1.92. The zero-order chi connectivity index (χ0) is 14.8. The Morgan fingerprint density at radius 2 is 1.39 bits per heavy atom. The van der Waals surface area contributed by atoms with Gasteiger partial charge in [0.05, 0.1) is 19.8 Å². The van der Waals surface area contributed by atoms with Crippen molar-refractivity contribution in [2.45, 2.75) is 20.8 Å². The van der Waals surface area contributed by atoms with Crippen LogP contribution in [0.5, 0.6) is 0 Å². The first-order valence-corrected chi connectivity index (χ1v) is 5.49. The standard InChI is InChI=1S/C8H16O4.C2H4O2.C2H4/c1-3-10-4-5-11-6-7-12-8(2)9;1-2(3)4;1-2/h3-7H2,1-2H3;1H3,(H,3,4);1-2H2. The summed E-state index contributed by atoms with van der Waals surface area (Å²) in [6.07, 6.45) is 0. The number of rotatable bonds is 7. The van der Waals surface area contributed by atoms with Gasteiger partial charge in [0, 0.05) is 20.5 Å². The van der Waals surface area contributed by atoms with E-state index in [-0.39, 0.29) is 5.97 Å². The number of hydrogen-bond donors (Lipinski definition) is 1. The molecule has 0 fully saturated rings. The van der Waals surface area contributed by atoms with Gasteiger partial charge in [0.25, 0.3) is 5.97 Å². The molecule has 1 N–H and O–H groups in total. The summed E-state index contributed by atoms with van der Waals surface area (Å²) in [5.74, 6) is -1.11. The van der Waals surface area contributed by atoms with Gasteiger partial charge in [-0.15, -0.1) is 13.2 Å². The van der Waals surface area contributed by atoms with Crippen LogP contribution in [0.25, 0.3) is 0 Å². The third-order valence-corrected chi connectivity index (χ3v) is 1.11. The molecule has 0 rings (SSSR count). The summed E-state index contributed by atoms with van der Waals surface area (Å²) in [7, 11) is 0. The van der Waals surface area contributed by atoms with Crippen LogP contribution < -0.4 is 0 Å². The molecule has 0 saturated carbocycles. The Bertz CT molecular complexity index is 189. The maximum atomic E-state index is 10.3. The van der Waals surface area contributed by atoms with Gasteiger partial charge in [-0.2, -0.15) is 0 Å². The number of carboxylic acids is 1. The number of carbonyl (C=O) groups is 2. The summed E-state index contributed by atoms with van der Waals surface area (Å²) in [6.45, 7) is 13.0. The third kappa shape index (κ3) is 46.8. The fourth-order valence-electron chi connectivity index (χ4n) is 0.609. The first kappa shape index (κ1) is 21.8. The molecule has 18 heavy (non-hydrogen) atoms. The fraction of sp³-hybridized carbons (Fsp3) is 0.667. The van der Waals surface area contributed by atoms with Crippen molar-refractivity contribution >= 4 is 11.9 Å². The number of esters is 1. The Hall–Kier alpha value is -1.40. The molecular weight excluding hydrogens is 240 g/mol. The van der Waals surface area contributed by atoms with Crippen LogP contribution in [0.2, 0.25) is 0 Å². The van der Waals surface area contributed by atoms with Crippen molar-refractivity contribution in [1.82, 2.24) is 0 Å². The van der Waals surface area contributed by atoms with Gasteiger partial charge in [0.15, 0.2) is 0 Å². The van der Waals surface area contributed by atoms with Crippen LogP contribution in [0, 0.1) is 0 Å². The van der Waals surface area contributed by atoms with E-state index in [0.717, 1.165) is 6.92 Å². The molecule has 0 aliphatic heterocycles. The van der Waals surface area contributed by atoms with E-state index < -0.39 is 5.97 Å². The Morgan fingerprint density at radius 3 is 1.78 bits per heavy atom. The average molecular weight is 264 g/mol. The van der Waals surface area contributed by atoms with Crippen molar-refractivity contribution in [2.24, 2.45) is 0 Å². The number of carbonyl (C=O) groups excluding carboxylic acids is 1. The maximum absolute atomic E-state index is 10.3. The molecule has 0 aliphatic rings. The van der Waals surface area contributed by atoms with Gasteiger partial charge in [0.1, 0.15) is 6.61 Å².